The molecule has 2 aromatic rings. The summed E-state index contributed by atoms with van der Waals surface area (Å²) in [5.41, 5.74) is 7.65. The van der Waals surface area contributed by atoms with Crippen LogP contribution in [0.1, 0.15) is 37.5 Å². The van der Waals surface area contributed by atoms with Crippen molar-refractivity contribution in [2.24, 2.45) is 5.92 Å². The van der Waals surface area contributed by atoms with E-state index in [1.165, 1.54) is 27.2 Å². The first kappa shape index (κ1) is 16.7. The zero-order valence-electron chi connectivity index (χ0n) is 14.7. The summed E-state index contributed by atoms with van der Waals surface area (Å²) >= 11 is 1.75. The van der Waals surface area contributed by atoms with E-state index < -0.39 is 0 Å². The average Bonchev–Trinajstić information content (AvgIpc) is 2.88. The quantitative estimate of drug-likeness (QED) is 0.468. The van der Waals surface area contributed by atoms with Crippen LogP contribution in [-0.4, -0.2) is 6.26 Å². The first-order chi connectivity index (χ1) is 11.6. The summed E-state index contributed by atoms with van der Waals surface area (Å²) in [6.07, 6.45) is 4.44. The van der Waals surface area contributed by atoms with Crippen molar-refractivity contribution in [1.82, 2.24) is 0 Å². The number of allylic oxidation sites excluding steroid dienone is 4. The van der Waals surface area contributed by atoms with Crippen LogP contribution in [0.5, 0.6) is 0 Å². The van der Waals surface area contributed by atoms with Gasteiger partial charge in [-0.3, -0.25) is 0 Å². The standard InChI is InChI=1S/C23H22S/c1-16-15-23(18(3)17(16)2)21-11-7-19(8-12-21)5-6-20-9-13-22(24-4)14-10-20/h7-16H,1-4H3. The first-order valence-electron chi connectivity index (χ1n) is 8.24. The van der Waals surface area contributed by atoms with Crippen molar-refractivity contribution in [3.05, 3.63) is 82.4 Å². The average molecular weight is 330 g/mol. The maximum absolute atomic E-state index is 3.26. The molecule has 1 unspecified atom stereocenters. The number of hydrogen-bond acceptors (Lipinski definition) is 1. The van der Waals surface area contributed by atoms with Gasteiger partial charge in [0.15, 0.2) is 0 Å². The predicted octanol–water partition coefficient (Wildman–Crippen LogP) is 6.18. The minimum atomic E-state index is 0.545. The van der Waals surface area contributed by atoms with Crippen molar-refractivity contribution < 1.29 is 0 Å². The van der Waals surface area contributed by atoms with Gasteiger partial charge in [-0.05, 0) is 79.1 Å². The Bertz CT molecular complexity index is 853. The van der Waals surface area contributed by atoms with Crippen molar-refractivity contribution in [3.8, 4) is 11.8 Å². The Labute approximate surface area is 149 Å². The van der Waals surface area contributed by atoms with Gasteiger partial charge in [0, 0.05) is 16.0 Å². The molecule has 0 saturated carbocycles. The Morgan fingerprint density at radius 1 is 0.833 bits per heavy atom. The van der Waals surface area contributed by atoms with Gasteiger partial charge in [0.25, 0.3) is 0 Å². The third kappa shape index (κ3) is 3.50. The highest BCUT2D eigenvalue weighted by Gasteiger charge is 2.17. The van der Waals surface area contributed by atoms with E-state index in [2.05, 4.69) is 93.5 Å². The van der Waals surface area contributed by atoms with Crippen LogP contribution < -0.4 is 0 Å². The molecule has 0 bridgehead atoms. The molecule has 24 heavy (non-hydrogen) atoms. The normalized spacial score (nSPS) is 16.7. The molecule has 2 aromatic carbocycles. The van der Waals surface area contributed by atoms with Crippen LogP contribution in [0.25, 0.3) is 5.57 Å². The predicted molar refractivity (Wildman–Crippen MR) is 106 cm³/mol. The van der Waals surface area contributed by atoms with Gasteiger partial charge in [-0.1, -0.05) is 42.5 Å². The summed E-state index contributed by atoms with van der Waals surface area (Å²) in [5.74, 6) is 7.04. The fraction of sp³-hybridized carbons (Fsp3) is 0.217. The molecule has 0 heterocycles. The van der Waals surface area contributed by atoms with Gasteiger partial charge in [-0.2, -0.15) is 0 Å². The van der Waals surface area contributed by atoms with Crippen LogP contribution in [0, 0.1) is 17.8 Å². The summed E-state index contributed by atoms with van der Waals surface area (Å²) in [4.78, 5) is 1.27. The summed E-state index contributed by atoms with van der Waals surface area (Å²) in [6, 6.07) is 17.0. The molecule has 1 aliphatic carbocycles. The third-order valence-corrected chi connectivity index (χ3v) is 5.48. The van der Waals surface area contributed by atoms with Gasteiger partial charge in [-0.15, -0.1) is 11.8 Å². The first-order valence-corrected chi connectivity index (χ1v) is 9.47. The summed E-state index contributed by atoms with van der Waals surface area (Å²) < 4.78 is 0. The monoisotopic (exact) mass is 330 g/mol. The van der Waals surface area contributed by atoms with Crippen molar-refractivity contribution in [1.29, 1.82) is 0 Å². The SMILES string of the molecule is CSc1ccc(C#Cc2ccc(C3=CC(C)C(C)=C3C)cc2)cc1. The lowest BCUT2D eigenvalue weighted by Crippen LogP contribution is -1.86. The molecule has 0 fully saturated rings. The van der Waals surface area contributed by atoms with Gasteiger partial charge in [-0.25, -0.2) is 0 Å². The van der Waals surface area contributed by atoms with Crippen LogP contribution in [0.3, 0.4) is 0 Å². The third-order valence-electron chi connectivity index (χ3n) is 4.73. The van der Waals surface area contributed by atoms with Crippen molar-refractivity contribution >= 4 is 17.3 Å². The van der Waals surface area contributed by atoms with Crippen LogP contribution in [0.2, 0.25) is 0 Å². The topological polar surface area (TPSA) is 0 Å². The van der Waals surface area contributed by atoms with Crippen LogP contribution in [0.4, 0.5) is 0 Å². The number of rotatable bonds is 2. The molecule has 3 rings (SSSR count). The zero-order chi connectivity index (χ0) is 17.1. The molecule has 0 spiro atoms. The molecule has 0 aliphatic heterocycles. The lowest BCUT2D eigenvalue weighted by atomic mass is 9.99. The van der Waals surface area contributed by atoms with E-state index in [1.807, 2.05) is 0 Å². The zero-order valence-corrected chi connectivity index (χ0v) is 15.5. The molecule has 0 aromatic heterocycles. The van der Waals surface area contributed by atoms with Gasteiger partial charge in [0.05, 0.1) is 0 Å². The highest BCUT2D eigenvalue weighted by molar-refractivity contribution is 7.98. The van der Waals surface area contributed by atoms with E-state index >= 15 is 0 Å². The van der Waals surface area contributed by atoms with Gasteiger partial charge < -0.3 is 0 Å². The maximum Gasteiger partial charge on any atom is 0.0249 e. The lowest BCUT2D eigenvalue weighted by Gasteiger charge is -2.05. The molecule has 1 heteroatoms. The van der Waals surface area contributed by atoms with Crippen molar-refractivity contribution in [3.63, 3.8) is 0 Å². The van der Waals surface area contributed by atoms with Gasteiger partial charge >= 0.3 is 0 Å². The molecule has 0 amide bonds. The molecule has 120 valence electrons. The second-order valence-electron chi connectivity index (χ2n) is 6.23. The fourth-order valence-corrected chi connectivity index (χ4v) is 3.33. The summed E-state index contributed by atoms with van der Waals surface area (Å²) in [7, 11) is 0. The molecule has 0 N–H and O–H groups in total. The molecule has 0 radical (unpaired) electrons. The Hall–Kier alpha value is -2.17. The lowest BCUT2D eigenvalue weighted by molar-refractivity contribution is 0.876. The Balaban J connectivity index is 1.79. The van der Waals surface area contributed by atoms with Crippen LogP contribution in [0.15, 0.2) is 70.6 Å². The second-order valence-corrected chi connectivity index (χ2v) is 7.11. The Morgan fingerprint density at radius 2 is 1.38 bits per heavy atom. The van der Waals surface area contributed by atoms with E-state index in [9.17, 15) is 0 Å². The molecule has 1 aliphatic rings. The molecule has 0 nitrogen and oxygen atoms in total. The van der Waals surface area contributed by atoms with Crippen LogP contribution >= 0.6 is 11.8 Å². The highest BCUT2D eigenvalue weighted by Crippen LogP contribution is 2.36. The Morgan fingerprint density at radius 3 is 1.83 bits per heavy atom. The highest BCUT2D eigenvalue weighted by atomic mass is 32.2. The van der Waals surface area contributed by atoms with E-state index in [4.69, 9.17) is 0 Å². The van der Waals surface area contributed by atoms with Crippen molar-refractivity contribution in [2.75, 3.05) is 6.26 Å². The largest absolute Gasteiger partial charge is 0.130 e. The Kier molecular flexibility index (Phi) is 4.97. The molecule has 1 atom stereocenters. The summed E-state index contributed by atoms with van der Waals surface area (Å²) in [5, 5.41) is 0. The molecular formula is C23H22S. The van der Waals surface area contributed by atoms with Gasteiger partial charge in [0.2, 0.25) is 0 Å². The van der Waals surface area contributed by atoms with Crippen LogP contribution in [-0.2, 0) is 0 Å². The van der Waals surface area contributed by atoms with Crippen molar-refractivity contribution in [2.45, 2.75) is 25.7 Å². The van der Waals surface area contributed by atoms with E-state index in [0.717, 1.165) is 11.1 Å². The number of hydrogen-bond donors (Lipinski definition) is 0. The minimum absolute atomic E-state index is 0.545. The second kappa shape index (κ2) is 7.16. The fourth-order valence-electron chi connectivity index (χ4n) is 2.92. The molecular weight excluding hydrogens is 308 g/mol. The van der Waals surface area contributed by atoms with E-state index in [0.29, 0.717) is 5.92 Å². The maximum atomic E-state index is 3.26. The number of benzene rings is 2. The van der Waals surface area contributed by atoms with E-state index in [1.54, 1.807) is 11.8 Å². The van der Waals surface area contributed by atoms with E-state index in [-0.39, 0.29) is 0 Å². The smallest absolute Gasteiger partial charge is 0.0249 e. The number of thioether (sulfide) groups is 1. The summed E-state index contributed by atoms with van der Waals surface area (Å²) in [6.45, 7) is 6.70. The minimum Gasteiger partial charge on any atom is -0.130 e. The molecule has 0 saturated heterocycles. The van der Waals surface area contributed by atoms with Gasteiger partial charge in [0.1, 0.15) is 0 Å².